The molecule has 2 aromatic rings. The first-order chi connectivity index (χ1) is 10.1. The Hall–Kier alpha value is -1.87. The molecule has 0 spiro atoms. The molecular formula is C18H22FNO. The highest BCUT2D eigenvalue weighted by atomic mass is 19.1. The number of rotatable bonds is 6. The fraction of sp³-hybridized carbons (Fsp3) is 0.333. The third-order valence-electron chi connectivity index (χ3n) is 3.23. The molecule has 0 fully saturated rings. The maximum Gasteiger partial charge on any atom is 0.123 e. The summed E-state index contributed by atoms with van der Waals surface area (Å²) in [7, 11) is 0. The van der Waals surface area contributed by atoms with E-state index in [4.69, 9.17) is 4.74 Å². The molecule has 3 heteroatoms. The minimum absolute atomic E-state index is 0.222. The molecule has 0 atom stereocenters. The molecule has 0 heterocycles. The highest BCUT2D eigenvalue weighted by molar-refractivity contribution is 5.68. The van der Waals surface area contributed by atoms with E-state index < -0.39 is 0 Å². The lowest BCUT2D eigenvalue weighted by atomic mass is 9.99. The maximum atomic E-state index is 13.6. The first-order valence-electron chi connectivity index (χ1n) is 7.35. The van der Waals surface area contributed by atoms with Gasteiger partial charge in [-0.2, -0.15) is 0 Å². The lowest BCUT2D eigenvalue weighted by molar-refractivity contribution is 0.340. The summed E-state index contributed by atoms with van der Waals surface area (Å²) in [5.41, 5.74) is 2.96. The van der Waals surface area contributed by atoms with Crippen LogP contribution in [0.25, 0.3) is 11.1 Å². The van der Waals surface area contributed by atoms with E-state index in [1.54, 1.807) is 6.07 Å². The van der Waals surface area contributed by atoms with Gasteiger partial charge in [0.1, 0.15) is 11.6 Å². The van der Waals surface area contributed by atoms with E-state index in [0.717, 1.165) is 22.4 Å². The van der Waals surface area contributed by atoms with E-state index in [-0.39, 0.29) is 5.82 Å². The van der Waals surface area contributed by atoms with Crippen molar-refractivity contribution in [2.75, 3.05) is 6.61 Å². The first-order valence-corrected chi connectivity index (χ1v) is 7.35. The third-order valence-corrected chi connectivity index (χ3v) is 3.23. The number of nitrogens with one attached hydrogen (secondary N) is 1. The second-order valence-electron chi connectivity index (χ2n) is 5.30. The predicted molar refractivity (Wildman–Crippen MR) is 85.0 cm³/mol. The SMILES string of the molecule is CCOc1cccc(-c2cc(F)ccc2CNC(C)C)c1. The van der Waals surface area contributed by atoms with Crippen LogP contribution >= 0.6 is 0 Å². The van der Waals surface area contributed by atoms with Crippen LogP contribution in [0.5, 0.6) is 5.75 Å². The van der Waals surface area contributed by atoms with Crippen molar-refractivity contribution in [1.29, 1.82) is 0 Å². The molecule has 2 aromatic carbocycles. The van der Waals surface area contributed by atoms with E-state index in [0.29, 0.717) is 19.2 Å². The standard InChI is InChI=1S/C18H22FNO/c1-4-21-17-7-5-6-14(10-17)18-11-16(19)9-8-15(18)12-20-13(2)3/h5-11,13,20H,4,12H2,1-3H3. The molecule has 0 bridgehead atoms. The molecule has 0 aromatic heterocycles. The Morgan fingerprint density at radius 2 is 1.95 bits per heavy atom. The Morgan fingerprint density at radius 3 is 2.67 bits per heavy atom. The van der Waals surface area contributed by atoms with Gasteiger partial charge in [0.15, 0.2) is 0 Å². The zero-order valence-corrected chi connectivity index (χ0v) is 12.8. The summed E-state index contributed by atoms with van der Waals surface area (Å²) in [6.45, 7) is 7.48. The predicted octanol–water partition coefficient (Wildman–Crippen LogP) is 4.39. The largest absolute Gasteiger partial charge is 0.494 e. The molecule has 2 rings (SSSR count). The van der Waals surface area contributed by atoms with Crippen LogP contribution in [0.15, 0.2) is 42.5 Å². The number of hydrogen-bond donors (Lipinski definition) is 1. The summed E-state index contributed by atoms with van der Waals surface area (Å²) >= 11 is 0. The van der Waals surface area contributed by atoms with Gasteiger partial charge in [-0.15, -0.1) is 0 Å². The summed E-state index contributed by atoms with van der Waals surface area (Å²) in [4.78, 5) is 0. The molecular weight excluding hydrogens is 265 g/mol. The van der Waals surface area contributed by atoms with Crippen molar-refractivity contribution in [1.82, 2.24) is 5.32 Å². The van der Waals surface area contributed by atoms with Gasteiger partial charge in [0.25, 0.3) is 0 Å². The quantitative estimate of drug-likeness (QED) is 0.850. The molecule has 0 radical (unpaired) electrons. The van der Waals surface area contributed by atoms with Crippen molar-refractivity contribution in [3.8, 4) is 16.9 Å². The zero-order chi connectivity index (χ0) is 15.2. The number of ether oxygens (including phenoxy) is 1. The number of halogens is 1. The smallest absolute Gasteiger partial charge is 0.123 e. The van der Waals surface area contributed by atoms with Gasteiger partial charge < -0.3 is 10.1 Å². The fourth-order valence-corrected chi connectivity index (χ4v) is 2.21. The molecule has 0 aliphatic carbocycles. The summed E-state index contributed by atoms with van der Waals surface area (Å²) in [5.74, 6) is 0.585. The summed E-state index contributed by atoms with van der Waals surface area (Å²) in [5, 5.41) is 3.38. The van der Waals surface area contributed by atoms with E-state index in [2.05, 4.69) is 19.2 Å². The molecule has 1 N–H and O–H groups in total. The summed E-state index contributed by atoms with van der Waals surface area (Å²) in [6, 6.07) is 13.1. The van der Waals surface area contributed by atoms with E-state index in [9.17, 15) is 4.39 Å². The number of hydrogen-bond acceptors (Lipinski definition) is 2. The zero-order valence-electron chi connectivity index (χ0n) is 12.8. The third kappa shape index (κ3) is 4.30. The maximum absolute atomic E-state index is 13.6. The second kappa shape index (κ2) is 7.23. The molecule has 0 aliphatic heterocycles. The molecule has 0 amide bonds. The highest BCUT2D eigenvalue weighted by Crippen LogP contribution is 2.28. The summed E-state index contributed by atoms with van der Waals surface area (Å²) < 4.78 is 19.2. The molecule has 0 aliphatic rings. The Balaban J connectivity index is 2.36. The van der Waals surface area contributed by atoms with Crippen molar-refractivity contribution in [2.24, 2.45) is 0 Å². The Labute approximate surface area is 126 Å². The molecule has 2 nitrogen and oxygen atoms in total. The molecule has 0 saturated heterocycles. The minimum atomic E-state index is -0.222. The van der Waals surface area contributed by atoms with Gasteiger partial charge in [-0.1, -0.05) is 32.0 Å². The fourth-order valence-electron chi connectivity index (χ4n) is 2.21. The van der Waals surface area contributed by atoms with E-state index >= 15 is 0 Å². The van der Waals surface area contributed by atoms with E-state index in [1.165, 1.54) is 6.07 Å². The van der Waals surface area contributed by atoms with Crippen LogP contribution < -0.4 is 10.1 Å². The lowest BCUT2D eigenvalue weighted by Gasteiger charge is -2.14. The van der Waals surface area contributed by atoms with Gasteiger partial charge in [-0.3, -0.25) is 0 Å². The monoisotopic (exact) mass is 287 g/mol. The molecule has 0 unspecified atom stereocenters. The average Bonchev–Trinajstić information content (AvgIpc) is 2.46. The van der Waals surface area contributed by atoms with Crippen molar-refractivity contribution in [3.63, 3.8) is 0 Å². The normalized spacial score (nSPS) is 10.9. The van der Waals surface area contributed by atoms with Crippen LogP contribution in [0.4, 0.5) is 4.39 Å². The summed E-state index contributed by atoms with van der Waals surface area (Å²) in [6.07, 6.45) is 0. The van der Waals surface area contributed by atoms with E-state index in [1.807, 2.05) is 37.3 Å². The van der Waals surface area contributed by atoms with Crippen LogP contribution in [0.1, 0.15) is 26.3 Å². The van der Waals surface area contributed by atoms with Crippen LogP contribution in [-0.2, 0) is 6.54 Å². The van der Waals surface area contributed by atoms with Crippen molar-refractivity contribution >= 4 is 0 Å². The Bertz CT molecular complexity index is 596. The van der Waals surface area contributed by atoms with Crippen molar-refractivity contribution in [3.05, 3.63) is 53.8 Å². The van der Waals surface area contributed by atoms with Gasteiger partial charge in [-0.05, 0) is 47.9 Å². The van der Waals surface area contributed by atoms with Gasteiger partial charge >= 0.3 is 0 Å². The highest BCUT2D eigenvalue weighted by Gasteiger charge is 2.08. The van der Waals surface area contributed by atoms with Gasteiger partial charge in [0, 0.05) is 12.6 Å². The Kier molecular flexibility index (Phi) is 5.34. The van der Waals surface area contributed by atoms with Crippen LogP contribution in [0.3, 0.4) is 0 Å². The van der Waals surface area contributed by atoms with Crippen molar-refractivity contribution in [2.45, 2.75) is 33.4 Å². The molecule has 21 heavy (non-hydrogen) atoms. The second-order valence-corrected chi connectivity index (χ2v) is 5.30. The first kappa shape index (κ1) is 15.5. The minimum Gasteiger partial charge on any atom is -0.494 e. The van der Waals surface area contributed by atoms with Crippen LogP contribution in [0.2, 0.25) is 0 Å². The van der Waals surface area contributed by atoms with Gasteiger partial charge in [0.05, 0.1) is 6.61 Å². The molecule has 112 valence electrons. The average molecular weight is 287 g/mol. The van der Waals surface area contributed by atoms with Crippen LogP contribution in [-0.4, -0.2) is 12.6 Å². The van der Waals surface area contributed by atoms with Gasteiger partial charge in [-0.25, -0.2) is 4.39 Å². The topological polar surface area (TPSA) is 21.3 Å². The lowest BCUT2D eigenvalue weighted by Crippen LogP contribution is -2.22. The van der Waals surface area contributed by atoms with Crippen LogP contribution in [0, 0.1) is 5.82 Å². The Morgan fingerprint density at radius 1 is 1.14 bits per heavy atom. The number of benzene rings is 2. The van der Waals surface area contributed by atoms with Gasteiger partial charge in [0.2, 0.25) is 0 Å². The molecule has 0 saturated carbocycles. The van der Waals surface area contributed by atoms with Crippen molar-refractivity contribution < 1.29 is 9.13 Å².